The van der Waals surface area contributed by atoms with Crippen molar-refractivity contribution in [3.8, 4) is 11.5 Å². The first-order valence-corrected chi connectivity index (χ1v) is 7.42. The van der Waals surface area contributed by atoms with Gasteiger partial charge in [-0.3, -0.25) is 0 Å². The SMILES string of the molecule is CC(CC1CCCCN1)Nc1ccc2c(c1)OC(F)(F)O2. The van der Waals surface area contributed by atoms with Crippen molar-refractivity contribution >= 4 is 5.69 Å². The number of rotatable bonds is 4. The zero-order chi connectivity index (χ0) is 14.9. The van der Waals surface area contributed by atoms with Crippen molar-refractivity contribution in [1.82, 2.24) is 5.32 Å². The number of piperidine rings is 1. The van der Waals surface area contributed by atoms with Crippen LogP contribution in [-0.4, -0.2) is 24.9 Å². The average molecular weight is 298 g/mol. The van der Waals surface area contributed by atoms with E-state index in [0.29, 0.717) is 6.04 Å². The standard InChI is InChI=1S/C15H20F2N2O2/c1-10(8-11-4-2-3-7-18-11)19-12-5-6-13-14(9-12)21-15(16,17)20-13/h5-6,9-11,18-19H,2-4,7-8H2,1H3. The number of fused-ring (bicyclic) bond motifs is 1. The monoisotopic (exact) mass is 298 g/mol. The Balaban J connectivity index is 1.58. The van der Waals surface area contributed by atoms with Crippen molar-refractivity contribution in [2.75, 3.05) is 11.9 Å². The van der Waals surface area contributed by atoms with Gasteiger partial charge in [0.25, 0.3) is 0 Å². The van der Waals surface area contributed by atoms with Gasteiger partial charge in [-0.1, -0.05) is 6.42 Å². The molecule has 0 spiro atoms. The molecule has 1 aromatic carbocycles. The molecule has 0 saturated carbocycles. The first kappa shape index (κ1) is 14.4. The van der Waals surface area contributed by atoms with Crippen molar-refractivity contribution in [3.05, 3.63) is 18.2 Å². The first-order valence-electron chi connectivity index (χ1n) is 7.42. The summed E-state index contributed by atoms with van der Waals surface area (Å²) in [5, 5.41) is 6.83. The number of benzene rings is 1. The van der Waals surface area contributed by atoms with Crippen molar-refractivity contribution in [2.45, 2.75) is 51.0 Å². The van der Waals surface area contributed by atoms with Gasteiger partial charge >= 0.3 is 6.29 Å². The van der Waals surface area contributed by atoms with E-state index in [1.165, 1.54) is 25.3 Å². The molecule has 2 heterocycles. The highest BCUT2D eigenvalue weighted by molar-refractivity contribution is 5.56. The highest BCUT2D eigenvalue weighted by Crippen LogP contribution is 2.42. The molecule has 4 nitrogen and oxygen atoms in total. The molecule has 0 aromatic heterocycles. The molecule has 1 aromatic rings. The Labute approximate surface area is 122 Å². The molecule has 0 amide bonds. The Hall–Kier alpha value is -1.56. The largest absolute Gasteiger partial charge is 0.586 e. The third-order valence-electron chi connectivity index (χ3n) is 3.86. The lowest BCUT2D eigenvalue weighted by Gasteiger charge is -2.27. The summed E-state index contributed by atoms with van der Waals surface area (Å²) in [6, 6.07) is 5.57. The molecule has 3 rings (SSSR count). The summed E-state index contributed by atoms with van der Waals surface area (Å²) in [5.41, 5.74) is 0.762. The highest BCUT2D eigenvalue weighted by Gasteiger charge is 2.43. The quantitative estimate of drug-likeness (QED) is 0.894. The van der Waals surface area contributed by atoms with Crippen LogP contribution < -0.4 is 20.1 Å². The van der Waals surface area contributed by atoms with Gasteiger partial charge in [0.1, 0.15) is 0 Å². The summed E-state index contributed by atoms with van der Waals surface area (Å²) in [7, 11) is 0. The molecule has 116 valence electrons. The average Bonchev–Trinajstić information content (AvgIpc) is 2.73. The fourth-order valence-corrected chi connectivity index (χ4v) is 2.93. The maximum absolute atomic E-state index is 13.0. The lowest BCUT2D eigenvalue weighted by molar-refractivity contribution is -0.286. The minimum Gasteiger partial charge on any atom is -0.395 e. The van der Waals surface area contributed by atoms with Crippen LogP contribution >= 0.6 is 0 Å². The van der Waals surface area contributed by atoms with Crippen LogP contribution in [0.1, 0.15) is 32.6 Å². The fourth-order valence-electron chi connectivity index (χ4n) is 2.93. The van der Waals surface area contributed by atoms with E-state index in [9.17, 15) is 8.78 Å². The first-order chi connectivity index (χ1) is 10.0. The van der Waals surface area contributed by atoms with Gasteiger partial charge in [-0.2, -0.15) is 0 Å². The number of alkyl halides is 2. The normalized spacial score (nSPS) is 24.6. The number of anilines is 1. The molecular weight excluding hydrogens is 278 g/mol. The zero-order valence-electron chi connectivity index (χ0n) is 12.0. The number of halogens is 2. The van der Waals surface area contributed by atoms with Gasteiger partial charge in [-0.25, -0.2) is 0 Å². The topological polar surface area (TPSA) is 42.5 Å². The zero-order valence-corrected chi connectivity index (χ0v) is 12.0. The minimum atomic E-state index is -3.56. The van der Waals surface area contributed by atoms with Crippen molar-refractivity contribution in [1.29, 1.82) is 0 Å². The van der Waals surface area contributed by atoms with E-state index in [-0.39, 0.29) is 17.5 Å². The number of hydrogen-bond acceptors (Lipinski definition) is 4. The van der Waals surface area contributed by atoms with Gasteiger partial charge in [0, 0.05) is 23.8 Å². The summed E-state index contributed by atoms with van der Waals surface area (Å²) in [6.45, 7) is 3.17. The maximum Gasteiger partial charge on any atom is 0.586 e. The maximum atomic E-state index is 13.0. The second kappa shape index (κ2) is 5.67. The molecule has 2 aliphatic rings. The number of ether oxygens (including phenoxy) is 2. The predicted octanol–water partition coefficient (Wildman–Crippen LogP) is 3.34. The lowest BCUT2D eigenvalue weighted by atomic mass is 9.98. The van der Waals surface area contributed by atoms with Gasteiger partial charge in [-0.05, 0) is 44.9 Å². The smallest absolute Gasteiger partial charge is 0.395 e. The molecule has 2 unspecified atom stereocenters. The van der Waals surface area contributed by atoms with Crippen LogP contribution in [0.5, 0.6) is 11.5 Å². The number of hydrogen-bond donors (Lipinski definition) is 2. The highest BCUT2D eigenvalue weighted by atomic mass is 19.3. The molecule has 2 aliphatic heterocycles. The number of nitrogens with one attached hydrogen (secondary N) is 2. The summed E-state index contributed by atoms with van der Waals surface area (Å²) in [6.07, 6.45) is 1.15. The van der Waals surface area contributed by atoms with Crippen LogP contribution in [0.4, 0.5) is 14.5 Å². The summed E-state index contributed by atoms with van der Waals surface area (Å²) < 4.78 is 34.8. The fraction of sp³-hybridized carbons (Fsp3) is 0.600. The van der Waals surface area contributed by atoms with Gasteiger partial charge < -0.3 is 20.1 Å². The second-order valence-corrected chi connectivity index (χ2v) is 5.76. The van der Waals surface area contributed by atoms with E-state index in [4.69, 9.17) is 0 Å². The van der Waals surface area contributed by atoms with Gasteiger partial charge in [0.15, 0.2) is 11.5 Å². The van der Waals surface area contributed by atoms with Crippen LogP contribution in [0.25, 0.3) is 0 Å². The lowest BCUT2D eigenvalue weighted by Crippen LogP contribution is -2.37. The van der Waals surface area contributed by atoms with Gasteiger partial charge in [-0.15, -0.1) is 8.78 Å². The third kappa shape index (κ3) is 3.56. The molecule has 1 saturated heterocycles. The molecule has 0 radical (unpaired) electrons. The van der Waals surface area contributed by atoms with E-state index < -0.39 is 6.29 Å². The van der Waals surface area contributed by atoms with Crippen molar-refractivity contribution in [2.24, 2.45) is 0 Å². The minimum absolute atomic E-state index is 0.0761. The Bertz CT molecular complexity index is 504. The van der Waals surface area contributed by atoms with Crippen LogP contribution in [0.2, 0.25) is 0 Å². The van der Waals surface area contributed by atoms with Gasteiger partial charge in [0.2, 0.25) is 0 Å². The Morgan fingerprint density at radius 2 is 2.14 bits per heavy atom. The van der Waals surface area contributed by atoms with E-state index >= 15 is 0 Å². The van der Waals surface area contributed by atoms with E-state index in [1.807, 2.05) is 0 Å². The molecular formula is C15H20F2N2O2. The summed E-state index contributed by atoms with van der Waals surface area (Å²) in [4.78, 5) is 0. The molecule has 0 aliphatic carbocycles. The summed E-state index contributed by atoms with van der Waals surface area (Å²) >= 11 is 0. The summed E-state index contributed by atoms with van der Waals surface area (Å²) in [5.74, 6) is 0.153. The predicted molar refractivity (Wildman–Crippen MR) is 76.0 cm³/mol. The molecule has 21 heavy (non-hydrogen) atoms. The molecule has 0 bridgehead atoms. The van der Waals surface area contributed by atoms with E-state index in [2.05, 4.69) is 27.0 Å². The van der Waals surface area contributed by atoms with Crippen LogP contribution in [0.15, 0.2) is 18.2 Å². The van der Waals surface area contributed by atoms with E-state index in [1.54, 1.807) is 12.1 Å². The molecule has 2 N–H and O–H groups in total. The third-order valence-corrected chi connectivity index (χ3v) is 3.86. The van der Waals surface area contributed by atoms with E-state index in [0.717, 1.165) is 18.7 Å². The molecule has 6 heteroatoms. The molecule has 2 atom stereocenters. The Morgan fingerprint density at radius 1 is 1.33 bits per heavy atom. The van der Waals surface area contributed by atoms with Crippen LogP contribution in [0, 0.1) is 0 Å². The Kier molecular flexibility index (Phi) is 3.89. The van der Waals surface area contributed by atoms with Crippen molar-refractivity contribution < 1.29 is 18.3 Å². The van der Waals surface area contributed by atoms with Crippen molar-refractivity contribution in [3.63, 3.8) is 0 Å². The second-order valence-electron chi connectivity index (χ2n) is 5.76. The Morgan fingerprint density at radius 3 is 2.90 bits per heavy atom. The van der Waals surface area contributed by atoms with Gasteiger partial charge in [0.05, 0.1) is 0 Å². The molecule has 1 fully saturated rings. The van der Waals surface area contributed by atoms with Crippen LogP contribution in [-0.2, 0) is 0 Å². The van der Waals surface area contributed by atoms with Crippen LogP contribution in [0.3, 0.4) is 0 Å².